The van der Waals surface area contributed by atoms with Crippen LogP contribution in [0.25, 0.3) is 0 Å². The minimum Gasteiger partial charge on any atom is -0.335 e. The topological polar surface area (TPSA) is 51.0 Å². The number of rotatable bonds is 3. The fourth-order valence-electron chi connectivity index (χ4n) is 3.81. The van der Waals surface area contributed by atoms with Crippen LogP contribution in [0.1, 0.15) is 41.6 Å². The molecule has 1 aliphatic carbocycles. The first-order chi connectivity index (χ1) is 10.8. The highest BCUT2D eigenvalue weighted by atomic mass is 16.2. The monoisotopic (exact) mass is 296 g/mol. The van der Waals surface area contributed by atoms with Gasteiger partial charge in [0, 0.05) is 24.3 Å². The van der Waals surface area contributed by atoms with E-state index in [0.29, 0.717) is 12.6 Å². The zero-order valence-corrected chi connectivity index (χ0v) is 12.6. The lowest BCUT2D eigenvalue weighted by atomic mass is 9.76. The van der Waals surface area contributed by atoms with Gasteiger partial charge in [-0.3, -0.25) is 4.79 Å². The van der Waals surface area contributed by atoms with Crippen molar-refractivity contribution in [2.75, 3.05) is 6.54 Å². The number of likely N-dealkylation sites (tertiary alicyclic amines) is 1. The van der Waals surface area contributed by atoms with Crippen molar-refractivity contribution < 1.29 is 4.79 Å². The van der Waals surface area contributed by atoms with E-state index in [1.807, 2.05) is 30.5 Å². The lowest BCUT2D eigenvalue weighted by molar-refractivity contribution is -0.00373. The van der Waals surface area contributed by atoms with E-state index in [4.69, 9.17) is 0 Å². The second kappa shape index (κ2) is 5.55. The van der Waals surface area contributed by atoms with E-state index in [1.54, 1.807) is 10.9 Å². The molecule has 0 N–H and O–H groups in total. The van der Waals surface area contributed by atoms with Crippen LogP contribution in [-0.4, -0.2) is 38.4 Å². The predicted octanol–water partition coefficient (Wildman–Crippen LogP) is 2.34. The van der Waals surface area contributed by atoms with Gasteiger partial charge in [-0.2, -0.15) is 0 Å². The predicted molar refractivity (Wildman–Crippen MR) is 82.3 cm³/mol. The summed E-state index contributed by atoms with van der Waals surface area (Å²) in [5.41, 5.74) is 1.82. The second-order valence-corrected chi connectivity index (χ2v) is 6.33. The van der Waals surface area contributed by atoms with Crippen molar-refractivity contribution in [3.05, 3.63) is 47.8 Å². The molecule has 0 bridgehead atoms. The number of nitrogens with zero attached hydrogens (tertiary/aromatic N) is 4. The minimum absolute atomic E-state index is 0.180. The second-order valence-electron chi connectivity index (χ2n) is 6.33. The summed E-state index contributed by atoms with van der Waals surface area (Å²) in [7, 11) is 0. The zero-order valence-electron chi connectivity index (χ0n) is 12.6. The highest BCUT2D eigenvalue weighted by molar-refractivity contribution is 5.96. The maximum Gasteiger partial charge on any atom is 0.254 e. The molecule has 2 fully saturated rings. The van der Waals surface area contributed by atoms with Gasteiger partial charge >= 0.3 is 0 Å². The summed E-state index contributed by atoms with van der Waals surface area (Å²) in [6.07, 6.45) is 8.52. The van der Waals surface area contributed by atoms with Gasteiger partial charge in [0.05, 0.1) is 12.7 Å². The van der Waals surface area contributed by atoms with Crippen LogP contribution < -0.4 is 0 Å². The maximum atomic E-state index is 12.9. The van der Waals surface area contributed by atoms with Gasteiger partial charge in [-0.05, 0) is 30.4 Å². The number of carbonyl (C=O) groups is 1. The number of hydrogen-bond acceptors (Lipinski definition) is 3. The Morgan fingerprint density at radius 1 is 1.23 bits per heavy atom. The van der Waals surface area contributed by atoms with Gasteiger partial charge < -0.3 is 4.90 Å². The summed E-state index contributed by atoms with van der Waals surface area (Å²) >= 11 is 0. The third-order valence-electron chi connectivity index (χ3n) is 5.01. The number of benzene rings is 1. The number of hydrogen-bond donors (Lipinski definition) is 0. The van der Waals surface area contributed by atoms with Gasteiger partial charge in [-0.25, -0.2) is 4.68 Å². The Hall–Kier alpha value is -2.17. The molecule has 2 aromatic rings. The average Bonchev–Trinajstić information content (AvgIpc) is 3.02. The third kappa shape index (κ3) is 2.30. The fraction of sp³-hybridized carbons (Fsp3) is 0.471. The van der Waals surface area contributed by atoms with Crippen LogP contribution in [-0.2, 0) is 6.54 Å². The summed E-state index contributed by atoms with van der Waals surface area (Å²) in [6, 6.07) is 8.33. The highest BCUT2D eigenvalue weighted by Crippen LogP contribution is 2.38. The van der Waals surface area contributed by atoms with Crippen LogP contribution in [0.3, 0.4) is 0 Å². The van der Waals surface area contributed by atoms with Crippen molar-refractivity contribution >= 4 is 5.91 Å². The normalized spacial score (nSPS) is 23.7. The number of carbonyl (C=O) groups excluding carboxylic acids is 1. The van der Waals surface area contributed by atoms with Crippen molar-refractivity contribution in [2.45, 2.75) is 38.3 Å². The molecule has 2 aliphatic rings. The third-order valence-corrected chi connectivity index (χ3v) is 5.01. The molecular formula is C17H20N4O. The SMILES string of the molecule is O=C(c1ccccc1Cn1ccnn1)N1C[C@@H]2CCCC[C@@H]21. The molecule has 114 valence electrons. The molecule has 1 aromatic carbocycles. The largest absolute Gasteiger partial charge is 0.335 e. The van der Waals surface area contributed by atoms with E-state index in [9.17, 15) is 4.79 Å². The van der Waals surface area contributed by atoms with Crippen molar-refractivity contribution in [3.8, 4) is 0 Å². The summed E-state index contributed by atoms with van der Waals surface area (Å²) in [6.45, 7) is 1.52. The van der Waals surface area contributed by atoms with E-state index >= 15 is 0 Å². The van der Waals surface area contributed by atoms with E-state index in [1.165, 1.54) is 25.7 Å². The Bertz CT molecular complexity index is 667. The maximum absolute atomic E-state index is 12.9. The molecule has 0 unspecified atom stereocenters. The zero-order chi connectivity index (χ0) is 14.9. The van der Waals surface area contributed by atoms with E-state index in [-0.39, 0.29) is 5.91 Å². The van der Waals surface area contributed by atoms with Crippen LogP contribution in [0.4, 0.5) is 0 Å². The van der Waals surface area contributed by atoms with Gasteiger partial charge in [0.25, 0.3) is 5.91 Å². The molecule has 1 aliphatic heterocycles. The Balaban J connectivity index is 1.56. The van der Waals surface area contributed by atoms with Gasteiger partial charge in [0.1, 0.15) is 0 Å². The lowest BCUT2D eigenvalue weighted by Gasteiger charge is -2.51. The van der Waals surface area contributed by atoms with Crippen LogP contribution in [0.15, 0.2) is 36.7 Å². The summed E-state index contributed by atoms with van der Waals surface area (Å²) in [4.78, 5) is 15.0. The Morgan fingerprint density at radius 3 is 2.91 bits per heavy atom. The van der Waals surface area contributed by atoms with Gasteiger partial charge in [-0.1, -0.05) is 36.3 Å². The van der Waals surface area contributed by atoms with Crippen LogP contribution >= 0.6 is 0 Å². The summed E-state index contributed by atoms with van der Waals surface area (Å²) in [5.74, 6) is 0.916. The van der Waals surface area contributed by atoms with Crippen molar-refractivity contribution in [1.82, 2.24) is 19.9 Å². The highest BCUT2D eigenvalue weighted by Gasteiger charge is 2.43. The molecule has 1 aromatic heterocycles. The molecule has 1 saturated carbocycles. The molecule has 5 nitrogen and oxygen atoms in total. The first-order valence-corrected chi connectivity index (χ1v) is 8.06. The average molecular weight is 296 g/mol. The number of fused-ring (bicyclic) bond motifs is 1. The molecule has 1 amide bonds. The van der Waals surface area contributed by atoms with Gasteiger partial charge in [0.2, 0.25) is 0 Å². The summed E-state index contributed by atoms with van der Waals surface area (Å²) < 4.78 is 1.76. The molecule has 0 radical (unpaired) electrons. The number of amides is 1. The molecule has 2 atom stereocenters. The molecule has 0 spiro atoms. The van der Waals surface area contributed by atoms with E-state index in [2.05, 4.69) is 15.2 Å². The standard InChI is InChI=1S/C17H20N4O/c22-17(21-12-14-6-2-4-8-16(14)21)15-7-3-1-5-13(15)11-20-10-9-18-19-20/h1,3,5,7,9-10,14,16H,2,4,6,8,11-12H2/t14-,16-/m0/s1. The molecular weight excluding hydrogens is 276 g/mol. The Morgan fingerprint density at radius 2 is 2.09 bits per heavy atom. The molecule has 1 saturated heterocycles. The first kappa shape index (κ1) is 13.5. The van der Waals surface area contributed by atoms with E-state index in [0.717, 1.165) is 23.6 Å². The fourth-order valence-corrected chi connectivity index (χ4v) is 3.81. The molecule has 4 rings (SSSR count). The van der Waals surface area contributed by atoms with Crippen LogP contribution in [0, 0.1) is 5.92 Å². The quantitative estimate of drug-likeness (QED) is 0.873. The summed E-state index contributed by atoms with van der Waals surface area (Å²) in [5, 5.41) is 7.83. The van der Waals surface area contributed by atoms with E-state index < -0.39 is 0 Å². The Kier molecular flexibility index (Phi) is 3.41. The van der Waals surface area contributed by atoms with Crippen molar-refractivity contribution in [2.24, 2.45) is 5.92 Å². The molecule has 2 heterocycles. The van der Waals surface area contributed by atoms with Crippen molar-refractivity contribution in [1.29, 1.82) is 0 Å². The first-order valence-electron chi connectivity index (χ1n) is 8.06. The molecule has 22 heavy (non-hydrogen) atoms. The van der Waals surface area contributed by atoms with Gasteiger partial charge in [-0.15, -0.1) is 5.10 Å². The minimum atomic E-state index is 0.180. The van der Waals surface area contributed by atoms with Crippen LogP contribution in [0.2, 0.25) is 0 Å². The van der Waals surface area contributed by atoms with Crippen LogP contribution in [0.5, 0.6) is 0 Å². The molecule has 5 heteroatoms. The smallest absolute Gasteiger partial charge is 0.254 e. The Labute approximate surface area is 129 Å². The number of aromatic nitrogens is 3. The van der Waals surface area contributed by atoms with Gasteiger partial charge in [0.15, 0.2) is 0 Å². The lowest BCUT2D eigenvalue weighted by Crippen LogP contribution is -2.59. The van der Waals surface area contributed by atoms with Crippen molar-refractivity contribution in [3.63, 3.8) is 0 Å².